The number of hydrogen-bond acceptors (Lipinski definition) is 9. The Balaban J connectivity index is 0.000000947. The summed E-state index contributed by atoms with van der Waals surface area (Å²) < 4.78 is 4.15. The van der Waals surface area contributed by atoms with Crippen LogP contribution in [0.5, 0.6) is 0 Å². The Hall–Kier alpha value is -4.25. The molecule has 0 bridgehead atoms. The lowest BCUT2D eigenvalue weighted by atomic mass is 10.1. The number of H-pyrrole nitrogens is 2. The fourth-order valence-corrected chi connectivity index (χ4v) is 5.36. The number of alkyl carbamates (subject to hydrolysis) is 1. The van der Waals surface area contributed by atoms with Gasteiger partial charge in [0.05, 0.1) is 41.8 Å². The molecule has 0 aliphatic carbocycles. The predicted octanol–water partition coefficient (Wildman–Crippen LogP) is 8.76. The van der Waals surface area contributed by atoms with Crippen molar-refractivity contribution in [1.29, 1.82) is 0 Å². The number of rotatable bonds is 14. The molecule has 1 atom stereocenters. The minimum atomic E-state index is -0.407. The first kappa shape index (κ1) is 50.8. The molecule has 0 fully saturated rings. The van der Waals surface area contributed by atoms with Crippen molar-refractivity contribution >= 4 is 54.2 Å². The van der Waals surface area contributed by atoms with Crippen LogP contribution in [-0.4, -0.2) is 89.4 Å². The number of aldehydes is 1. The molecule has 11 nitrogen and oxygen atoms in total. The minimum Gasteiger partial charge on any atom is -0.453 e. The van der Waals surface area contributed by atoms with Gasteiger partial charge in [-0.25, -0.2) is 14.8 Å². The van der Waals surface area contributed by atoms with Gasteiger partial charge in [-0.15, -0.1) is 0 Å². The number of carbonyl (C=O) groups is 3. The Bertz CT molecular complexity index is 1660. The highest BCUT2D eigenvalue weighted by molar-refractivity contribution is 7.98. The standard InChI is InChI=1S/C24H25N5S.C6H12OS.C5H12.C4H9NO.C3H7NO2/c1-4-13-29(2)16-23-25-15-22(26-23)19-10-7-17(8-11-19)5-6-18-9-12-20-21(14-18)28-24(27-20)30-3;1-5(2)3-6(8)4-7;1-3-5-4-2;1-2-3-5-4-6;1-4-3(5)6-2/h7-12,14-15H,4,13,16H2,1-3H3,(H,25,26)(H,27,28);4-6,8H,3H2,1-2H3;3-5H2,1-2H3;4H,2-3H2,1H3,(H,5,6);1-2H3,(H,4,5). The molecule has 1 unspecified atom stereocenters. The third-order valence-electron chi connectivity index (χ3n) is 7.30. The highest BCUT2D eigenvalue weighted by atomic mass is 32.2. The smallest absolute Gasteiger partial charge is 0.406 e. The van der Waals surface area contributed by atoms with Gasteiger partial charge in [-0.2, -0.15) is 12.6 Å². The van der Waals surface area contributed by atoms with Gasteiger partial charge >= 0.3 is 6.09 Å². The van der Waals surface area contributed by atoms with Gasteiger partial charge in [0.15, 0.2) is 5.16 Å². The molecule has 0 radical (unpaired) electrons. The van der Waals surface area contributed by atoms with E-state index in [2.05, 4.69) is 118 Å². The maximum Gasteiger partial charge on any atom is 0.406 e. The van der Waals surface area contributed by atoms with Crippen LogP contribution < -0.4 is 10.6 Å². The van der Waals surface area contributed by atoms with Gasteiger partial charge in [-0.05, 0) is 80.9 Å². The second kappa shape index (κ2) is 32.0. The van der Waals surface area contributed by atoms with Crippen molar-refractivity contribution in [2.75, 3.05) is 40.6 Å². The molecule has 0 saturated heterocycles. The number of carbonyl (C=O) groups excluding carboxylic acids is 3. The van der Waals surface area contributed by atoms with Crippen LogP contribution in [0.3, 0.4) is 0 Å². The van der Waals surface area contributed by atoms with Crippen molar-refractivity contribution in [2.45, 2.75) is 97.0 Å². The number of unbranched alkanes of at least 4 members (excludes halogenated alkanes) is 2. The van der Waals surface area contributed by atoms with Crippen LogP contribution in [0.15, 0.2) is 53.8 Å². The van der Waals surface area contributed by atoms with Gasteiger partial charge in [-0.3, -0.25) is 9.69 Å². The van der Waals surface area contributed by atoms with Crippen molar-refractivity contribution in [3.8, 4) is 23.1 Å². The zero-order chi connectivity index (χ0) is 41.4. The molecule has 0 aliphatic heterocycles. The Morgan fingerprint density at radius 3 is 2.11 bits per heavy atom. The van der Waals surface area contributed by atoms with Gasteiger partial charge in [0.1, 0.15) is 12.1 Å². The number of imidazole rings is 2. The quantitative estimate of drug-likeness (QED) is 0.0280. The molecule has 4 N–H and O–H groups in total. The molecular formula is C42H65N7O4S2. The molecule has 2 heterocycles. The first-order chi connectivity index (χ1) is 26.4. The largest absolute Gasteiger partial charge is 0.453 e. The normalized spacial score (nSPS) is 10.4. The first-order valence-corrected chi connectivity index (χ1v) is 20.6. The highest BCUT2D eigenvalue weighted by Crippen LogP contribution is 2.20. The van der Waals surface area contributed by atoms with E-state index in [1.807, 2.05) is 49.7 Å². The summed E-state index contributed by atoms with van der Waals surface area (Å²) >= 11 is 5.61. The predicted molar refractivity (Wildman–Crippen MR) is 234 cm³/mol. The molecule has 2 aromatic heterocycles. The number of benzene rings is 2. The van der Waals surface area contributed by atoms with E-state index in [1.54, 1.807) is 11.8 Å². The average Bonchev–Trinajstić information content (AvgIpc) is 3.84. The first-order valence-electron chi connectivity index (χ1n) is 18.9. The lowest BCUT2D eigenvalue weighted by Gasteiger charge is -2.12. The topological polar surface area (TPSA) is 145 Å². The zero-order valence-corrected chi connectivity index (χ0v) is 36.3. The number of nitrogens with one attached hydrogen (secondary N) is 4. The van der Waals surface area contributed by atoms with Crippen LogP contribution in [0.2, 0.25) is 0 Å². The lowest BCUT2D eigenvalue weighted by Crippen LogP contribution is -2.19. The number of fused-ring (bicyclic) bond motifs is 1. The van der Waals surface area contributed by atoms with Crippen LogP contribution >= 0.6 is 24.4 Å². The maximum atomic E-state index is 9.96. The van der Waals surface area contributed by atoms with Gasteiger partial charge in [0.25, 0.3) is 0 Å². The van der Waals surface area contributed by atoms with E-state index in [0.29, 0.717) is 12.3 Å². The number of thioether (sulfide) groups is 1. The maximum absolute atomic E-state index is 9.96. The SMILES string of the molecule is CC(C)CC(S)C=O.CCCCC.CCCN(C)Cc1ncc(-c2ccc(C#Cc3ccc4nc(SC)[nH]c4c3)cc2)[nH]1.CCCNC=O.CNC(=O)OC. The Labute approximate surface area is 339 Å². The molecule has 55 heavy (non-hydrogen) atoms. The number of nitrogens with zero attached hydrogens (tertiary/aromatic N) is 3. The number of aromatic amines is 2. The Kier molecular flexibility index (Phi) is 29.6. The molecule has 0 saturated carbocycles. The molecule has 4 rings (SSSR count). The summed E-state index contributed by atoms with van der Waals surface area (Å²) in [6, 6.07) is 14.3. The second-order valence-electron chi connectivity index (χ2n) is 12.8. The van der Waals surface area contributed by atoms with Crippen LogP contribution in [0, 0.1) is 17.8 Å². The van der Waals surface area contributed by atoms with Crippen LogP contribution in [0.25, 0.3) is 22.3 Å². The lowest BCUT2D eigenvalue weighted by molar-refractivity contribution is -0.109. The average molecular weight is 796 g/mol. The molecule has 0 spiro atoms. The molecule has 4 aromatic rings. The van der Waals surface area contributed by atoms with E-state index < -0.39 is 6.09 Å². The number of thiol groups is 1. The highest BCUT2D eigenvalue weighted by Gasteiger charge is 2.06. The van der Waals surface area contributed by atoms with E-state index in [1.165, 1.54) is 33.4 Å². The van der Waals surface area contributed by atoms with Gasteiger partial charge < -0.3 is 30.1 Å². The van der Waals surface area contributed by atoms with Crippen LogP contribution in [0.1, 0.15) is 97.0 Å². The fraction of sp³-hybridized carbons (Fsp3) is 0.500. The van der Waals surface area contributed by atoms with E-state index in [9.17, 15) is 14.4 Å². The molecule has 304 valence electrons. The van der Waals surface area contributed by atoms with Crippen molar-refractivity contribution in [3.05, 3.63) is 65.6 Å². The minimum absolute atomic E-state index is 0.0602. The van der Waals surface area contributed by atoms with Gasteiger partial charge in [0, 0.05) is 24.7 Å². The zero-order valence-electron chi connectivity index (χ0n) is 34.6. The summed E-state index contributed by atoms with van der Waals surface area (Å²) in [4.78, 5) is 47.3. The Morgan fingerprint density at radius 1 is 1.00 bits per heavy atom. The third kappa shape index (κ3) is 24.0. The van der Waals surface area contributed by atoms with Crippen LogP contribution in [-0.2, 0) is 20.9 Å². The van der Waals surface area contributed by atoms with E-state index in [4.69, 9.17) is 0 Å². The number of amides is 2. The summed E-state index contributed by atoms with van der Waals surface area (Å²) in [6.07, 6.45) is 12.2. The van der Waals surface area contributed by atoms with E-state index >= 15 is 0 Å². The van der Waals surface area contributed by atoms with Crippen LogP contribution in [0.4, 0.5) is 4.79 Å². The van der Waals surface area contributed by atoms with Crippen molar-refractivity contribution in [1.82, 2.24) is 35.5 Å². The summed E-state index contributed by atoms with van der Waals surface area (Å²) in [5, 5.41) is 5.63. The van der Waals surface area contributed by atoms with Crippen molar-refractivity contribution in [2.24, 2.45) is 5.92 Å². The molecular weight excluding hydrogens is 731 g/mol. The van der Waals surface area contributed by atoms with E-state index in [-0.39, 0.29) is 5.25 Å². The van der Waals surface area contributed by atoms with E-state index in [0.717, 1.165) is 89.6 Å². The van der Waals surface area contributed by atoms with Gasteiger partial charge in [0.2, 0.25) is 6.41 Å². The summed E-state index contributed by atoms with van der Waals surface area (Å²) in [7, 11) is 4.94. The summed E-state index contributed by atoms with van der Waals surface area (Å²) in [5.41, 5.74) is 6.08. The second-order valence-corrected chi connectivity index (χ2v) is 14.2. The number of hydrogen-bond donors (Lipinski definition) is 5. The monoisotopic (exact) mass is 795 g/mol. The fourth-order valence-electron chi connectivity index (χ4n) is 4.54. The molecule has 2 amide bonds. The van der Waals surface area contributed by atoms with Crippen molar-refractivity contribution < 1.29 is 19.1 Å². The molecule has 13 heteroatoms. The Morgan fingerprint density at radius 2 is 1.65 bits per heavy atom. The van der Waals surface area contributed by atoms with Gasteiger partial charge in [-0.1, -0.05) is 96.5 Å². The number of ether oxygens (including phenoxy) is 1. The third-order valence-corrected chi connectivity index (χ3v) is 8.21. The summed E-state index contributed by atoms with van der Waals surface area (Å²) in [6.45, 7) is 15.5. The summed E-state index contributed by atoms with van der Waals surface area (Å²) in [5.74, 6) is 8.06. The molecule has 2 aromatic carbocycles. The molecule has 0 aliphatic rings. The van der Waals surface area contributed by atoms with Crippen molar-refractivity contribution in [3.63, 3.8) is 0 Å². The number of methoxy groups -OCH3 is 1. The number of aromatic nitrogens is 4.